The van der Waals surface area contributed by atoms with Crippen LogP contribution in [-0.2, 0) is 9.59 Å². The Bertz CT molecular complexity index is 456. The van der Waals surface area contributed by atoms with Gasteiger partial charge in [-0.3, -0.25) is 9.59 Å². The van der Waals surface area contributed by atoms with Crippen molar-refractivity contribution in [2.75, 3.05) is 0 Å². The van der Waals surface area contributed by atoms with E-state index in [9.17, 15) is 9.59 Å². The molecule has 3 nitrogen and oxygen atoms in total. The van der Waals surface area contributed by atoms with Crippen LogP contribution in [-0.4, -0.2) is 43.6 Å². The van der Waals surface area contributed by atoms with Gasteiger partial charge in [0.05, 0.1) is 21.7 Å². The highest BCUT2D eigenvalue weighted by Crippen LogP contribution is 2.51. The highest BCUT2D eigenvalue weighted by molar-refractivity contribution is 6.96. The van der Waals surface area contributed by atoms with E-state index < -0.39 is 16.1 Å². The molecule has 1 aliphatic carbocycles. The van der Waals surface area contributed by atoms with E-state index in [1.54, 1.807) is 6.92 Å². The first-order valence-corrected chi connectivity index (χ1v) is 15.9. The Balaban J connectivity index is 2.47. The van der Waals surface area contributed by atoms with Gasteiger partial charge in [-0.2, -0.15) is 0 Å². The molecule has 2 aliphatic rings. The normalized spacial score (nSPS) is 25.5. The fourth-order valence-electron chi connectivity index (χ4n) is 5.37. The summed E-state index contributed by atoms with van der Waals surface area (Å²) in [5.74, 6) is -0.111. The van der Waals surface area contributed by atoms with Crippen molar-refractivity contribution in [2.24, 2.45) is 5.92 Å². The van der Waals surface area contributed by atoms with Crippen molar-refractivity contribution >= 4 is 27.8 Å². The van der Waals surface area contributed by atoms with Gasteiger partial charge in [0, 0.05) is 5.29 Å². The van der Waals surface area contributed by atoms with Crippen LogP contribution >= 0.6 is 0 Å². The van der Waals surface area contributed by atoms with E-state index >= 15 is 0 Å². The smallest absolute Gasteiger partial charge is 0.235 e. The van der Waals surface area contributed by atoms with Crippen LogP contribution in [0.4, 0.5) is 0 Å². The molecule has 1 saturated carbocycles. The number of nitrogens with zero attached hydrogens (tertiary/aromatic N) is 1. The number of Topliss-reactive ketones (excluding diaryl/α,β-unsaturated/α-hetero) is 1. The van der Waals surface area contributed by atoms with Crippen LogP contribution in [0.15, 0.2) is 0 Å². The Morgan fingerprint density at radius 2 is 1.50 bits per heavy atom. The molecule has 0 aromatic heterocycles. The topological polar surface area (TPSA) is 37.4 Å². The molecule has 1 aliphatic heterocycles. The standard InChI is InChI=1S/C17H33NO2Si2/c1-13(19)14-15(20)18(17(14)11-9-8-10-12-17)16(21(2,3)4)22(5,6)7/h14,16H,8-12H2,1-7H3. The number of likely N-dealkylation sites (tertiary alicyclic amines) is 1. The van der Waals surface area contributed by atoms with E-state index in [0.717, 1.165) is 25.7 Å². The van der Waals surface area contributed by atoms with Crippen molar-refractivity contribution in [3.05, 3.63) is 0 Å². The summed E-state index contributed by atoms with van der Waals surface area (Å²) in [6, 6.07) is 0. The third-order valence-corrected chi connectivity index (χ3v) is 14.5. The summed E-state index contributed by atoms with van der Waals surface area (Å²) >= 11 is 0. The summed E-state index contributed by atoms with van der Waals surface area (Å²) in [5, 5.41) is 0.432. The number of amides is 1. The molecule has 0 aromatic carbocycles. The molecule has 1 atom stereocenters. The molecule has 1 heterocycles. The van der Waals surface area contributed by atoms with Crippen molar-refractivity contribution < 1.29 is 9.59 Å². The summed E-state index contributed by atoms with van der Waals surface area (Å²) in [6.07, 6.45) is 5.65. The first kappa shape index (κ1) is 17.9. The summed E-state index contributed by atoms with van der Waals surface area (Å²) in [6.45, 7) is 16.0. The predicted molar refractivity (Wildman–Crippen MR) is 97.3 cm³/mol. The molecule has 126 valence electrons. The molecule has 2 rings (SSSR count). The number of β-lactam (4-membered cyclic amide) rings is 1. The first-order valence-electron chi connectivity index (χ1n) is 8.76. The highest BCUT2D eigenvalue weighted by atomic mass is 28.4. The minimum atomic E-state index is -1.52. The van der Waals surface area contributed by atoms with Gasteiger partial charge in [0.2, 0.25) is 5.91 Å². The van der Waals surface area contributed by atoms with E-state index in [2.05, 4.69) is 44.2 Å². The van der Waals surface area contributed by atoms with Crippen LogP contribution in [0, 0.1) is 5.92 Å². The van der Waals surface area contributed by atoms with Gasteiger partial charge in [0.25, 0.3) is 0 Å². The van der Waals surface area contributed by atoms with E-state index in [-0.39, 0.29) is 23.1 Å². The Hall–Kier alpha value is -0.426. The minimum absolute atomic E-state index is 0.0908. The van der Waals surface area contributed by atoms with E-state index in [4.69, 9.17) is 0 Å². The molecule has 2 fully saturated rings. The number of rotatable bonds is 4. The second-order valence-corrected chi connectivity index (χ2v) is 20.7. The van der Waals surface area contributed by atoms with Crippen LogP contribution in [0.25, 0.3) is 0 Å². The molecular weight excluding hydrogens is 306 g/mol. The lowest BCUT2D eigenvalue weighted by atomic mass is 9.64. The van der Waals surface area contributed by atoms with E-state index in [1.807, 2.05) is 0 Å². The lowest BCUT2D eigenvalue weighted by Crippen LogP contribution is -2.81. The fourth-order valence-corrected chi connectivity index (χ4v) is 18.1. The lowest BCUT2D eigenvalue weighted by Gasteiger charge is -2.65. The van der Waals surface area contributed by atoms with Gasteiger partial charge in [0.15, 0.2) is 0 Å². The van der Waals surface area contributed by atoms with Gasteiger partial charge in [-0.25, -0.2) is 0 Å². The second-order valence-electron chi connectivity index (χ2n) is 9.55. The van der Waals surface area contributed by atoms with Crippen LogP contribution in [0.2, 0.25) is 39.3 Å². The summed E-state index contributed by atoms with van der Waals surface area (Å²) in [4.78, 5) is 27.4. The van der Waals surface area contributed by atoms with Crippen LogP contribution in [0.1, 0.15) is 39.0 Å². The zero-order valence-corrected chi connectivity index (χ0v) is 17.5. The maximum atomic E-state index is 13.0. The molecule has 1 unspecified atom stereocenters. The largest absolute Gasteiger partial charge is 0.338 e. The van der Waals surface area contributed by atoms with Gasteiger partial charge >= 0.3 is 0 Å². The Morgan fingerprint density at radius 3 is 1.86 bits per heavy atom. The predicted octanol–water partition coefficient (Wildman–Crippen LogP) is 3.86. The zero-order valence-electron chi connectivity index (χ0n) is 15.5. The average molecular weight is 340 g/mol. The number of carbonyl (C=O) groups excluding carboxylic acids is 2. The van der Waals surface area contributed by atoms with Crippen LogP contribution in [0.3, 0.4) is 0 Å². The average Bonchev–Trinajstić information content (AvgIpc) is 2.33. The van der Waals surface area contributed by atoms with Crippen molar-refractivity contribution in [3.63, 3.8) is 0 Å². The fraction of sp³-hybridized carbons (Fsp3) is 0.882. The third-order valence-electron chi connectivity index (χ3n) is 5.53. The maximum Gasteiger partial charge on any atom is 0.235 e. The Kier molecular flexibility index (Phi) is 4.55. The van der Waals surface area contributed by atoms with Crippen LogP contribution < -0.4 is 0 Å². The quantitative estimate of drug-likeness (QED) is 0.443. The first-order chi connectivity index (χ1) is 9.93. The molecule has 0 aromatic rings. The van der Waals surface area contributed by atoms with Crippen molar-refractivity contribution in [3.8, 4) is 0 Å². The van der Waals surface area contributed by atoms with Crippen molar-refractivity contribution in [1.29, 1.82) is 0 Å². The Labute approximate surface area is 137 Å². The molecule has 0 radical (unpaired) electrons. The molecule has 1 spiro atoms. The summed E-state index contributed by atoms with van der Waals surface area (Å²) < 4.78 is 0. The van der Waals surface area contributed by atoms with Crippen LogP contribution in [0.5, 0.6) is 0 Å². The number of hydrogen-bond acceptors (Lipinski definition) is 2. The second kappa shape index (κ2) is 5.58. The number of hydrogen-bond donors (Lipinski definition) is 0. The number of ketones is 1. The van der Waals surface area contributed by atoms with E-state index in [0.29, 0.717) is 5.29 Å². The SMILES string of the molecule is CC(=O)C1C(=O)N(C([Si](C)(C)C)[Si](C)(C)C)C12CCCCC2. The van der Waals surface area contributed by atoms with Gasteiger partial charge in [0.1, 0.15) is 11.7 Å². The van der Waals surface area contributed by atoms with Gasteiger partial charge in [-0.05, 0) is 19.8 Å². The van der Waals surface area contributed by atoms with E-state index in [1.165, 1.54) is 6.42 Å². The van der Waals surface area contributed by atoms with Gasteiger partial charge < -0.3 is 4.90 Å². The molecule has 5 heteroatoms. The van der Waals surface area contributed by atoms with Crippen molar-refractivity contribution in [1.82, 2.24) is 4.90 Å². The maximum absolute atomic E-state index is 13.0. The molecule has 1 amide bonds. The minimum Gasteiger partial charge on any atom is -0.338 e. The third kappa shape index (κ3) is 2.75. The van der Waals surface area contributed by atoms with Gasteiger partial charge in [-0.1, -0.05) is 58.5 Å². The van der Waals surface area contributed by atoms with Gasteiger partial charge in [-0.15, -0.1) is 0 Å². The zero-order chi connectivity index (χ0) is 16.9. The molecule has 1 saturated heterocycles. The highest BCUT2D eigenvalue weighted by Gasteiger charge is 2.66. The lowest BCUT2D eigenvalue weighted by molar-refractivity contribution is -0.179. The molecular formula is C17H33NO2Si2. The molecule has 22 heavy (non-hydrogen) atoms. The summed E-state index contributed by atoms with van der Waals surface area (Å²) in [7, 11) is -3.03. The Morgan fingerprint density at radius 1 is 1.05 bits per heavy atom. The molecule has 0 bridgehead atoms. The molecule has 0 N–H and O–H groups in total. The monoisotopic (exact) mass is 339 g/mol. The number of carbonyl (C=O) groups is 2. The van der Waals surface area contributed by atoms with Crippen molar-refractivity contribution in [2.45, 2.75) is 89.1 Å². The summed E-state index contributed by atoms with van der Waals surface area (Å²) in [5.41, 5.74) is -0.133.